The Hall–Kier alpha value is -2.59. The molecule has 0 aromatic heterocycles. The fourth-order valence-corrected chi connectivity index (χ4v) is 3.98. The molecule has 136 valence electrons. The third kappa shape index (κ3) is 3.76. The van der Waals surface area contributed by atoms with Gasteiger partial charge in [0, 0.05) is 4.48 Å². The number of hydrogen-bond acceptors (Lipinski definition) is 2. The highest BCUT2D eigenvalue weighted by atomic mass is 79.9. The lowest BCUT2D eigenvalue weighted by Gasteiger charge is -2.22. The molecule has 0 spiro atoms. The number of aryl methyl sites for hydroxylation is 1. The van der Waals surface area contributed by atoms with E-state index in [1.807, 2.05) is 48.5 Å². The lowest BCUT2D eigenvalue weighted by molar-refractivity contribution is 0.290. The summed E-state index contributed by atoms with van der Waals surface area (Å²) in [5.74, 6) is 0.117. The molecule has 4 heteroatoms. The summed E-state index contributed by atoms with van der Waals surface area (Å²) in [6.07, 6.45) is 1.66. The Bertz CT molecular complexity index is 995. The van der Waals surface area contributed by atoms with Gasteiger partial charge in [-0.25, -0.2) is 4.39 Å². The van der Waals surface area contributed by atoms with E-state index in [1.54, 1.807) is 18.2 Å². The highest BCUT2D eigenvalue weighted by Crippen LogP contribution is 2.41. The van der Waals surface area contributed by atoms with Crippen molar-refractivity contribution in [2.24, 2.45) is 0 Å². The predicted molar refractivity (Wildman–Crippen MR) is 109 cm³/mol. The van der Waals surface area contributed by atoms with Crippen molar-refractivity contribution in [2.45, 2.75) is 19.4 Å². The van der Waals surface area contributed by atoms with E-state index < -0.39 is 0 Å². The maximum atomic E-state index is 14.8. The van der Waals surface area contributed by atoms with E-state index in [-0.39, 0.29) is 17.3 Å². The largest absolute Gasteiger partial charge is 0.508 e. The second-order valence-corrected chi connectivity index (χ2v) is 7.50. The van der Waals surface area contributed by atoms with Gasteiger partial charge in [0.1, 0.15) is 12.4 Å². The van der Waals surface area contributed by atoms with Gasteiger partial charge < -0.3 is 9.84 Å². The zero-order chi connectivity index (χ0) is 18.8. The Kier molecular flexibility index (Phi) is 4.99. The van der Waals surface area contributed by atoms with Crippen molar-refractivity contribution >= 4 is 21.5 Å². The van der Waals surface area contributed by atoms with Crippen LogP contribution in [0, 0.1) is 5.82 Å². The topological polar surface area (TPSA) is 29.5 Å². The van der Waals surface area contributed by atoms with Gasteiger partial charge in [0.15, 0.2) is 11.6 Å². The molecule has 0 amide bonds. The first kappa shape index (κ1) is 17.8. The van der Waals surface area contributed by atoms with E-state index in [4.69, 9.17) is 4.74 Å². The molecule has 1 N–H and O–H groups in total. The normalized spacial score (nSPS) is 13.4. The molecule has 0 saturated carbocycles. The van der Waals surface area contributed by atoms with E-state index in [2.05, 4.69) is 15.9 Å². The summed E-state index contributed by atoms with van der Waals surface area (Å²) < 4.78 is 21.5. The van der Waals surface area contributed by atoms with Gasteiger partial charge in [0.25, 0.3) is 0 Å². The third-order valence-corrected chi connectivity index (χ3v) is 5.50. The van der Waals surface area contributed by atoms with Crippen molar-refractivity contribution < 1.29 is 14.2 Å². The zero-order valence-corrected chi connectivity index (χ0v) is 16.2. The van der Waals surface area contributed by atoms with Crippen LogP contribution in [0.3, 0.4) is 0 Å². The van der Waals surface area contributed by atoms with Gasteiger partial charge in [0.05, 0.1) is 0 Å². The van der Waals surface area contributed by atoms with Gasteiger partial charge >= 0.3 is 0 Å². The minimum Gasteiger partial charge on any atom is -0.508 e. The van der Waals surface area contributed by atoms with Crippen LogP contribution in [0.2, 0.25) is 0 Å². The predicted octanol–water partition coefficient (Wildman–Crippen LogP) is 6.21. The molecule has 3 aromatic rings. The molecule has 0 radical (unpaired) electrons. The fraction of sp³-hybridized carbons (Fsp3) is 0.130. The maximum Gasteiger partial charge on any atom is 0.165 e. The van der Waals surface area contributed by atoms with Gasteiger partial charge in [-0.15, -0.1) is 0 Å². The molecule has 0 heterocycles. The molecular weight excluding hydrogens is 407 g/mol. The standard InChI is InChI=1S/C23H18BrFO2/c24-20-11-8-17-12-22(27-14-15-4-2-1-3-5-15)21(25)13-19(17)23(20)16-6-9-18(26)10-7-16/h1-7,9-10,12-13,26H,8,11,14H2. The molecular formula is C23H18BrFO2. The number of ether oxygens (including phenoxy) is 1. The summed E-state index contributed by atoms with van der Waals surface area (Å²) in [6, 6.07) is 20.1. The van der Waals surface area contributed by atoms with E-state index >= 15 is 0 Å². The van der Waals surface area contributed by atoms with Crippen LogP contribution in [0.25, 0.3) is 5.57 Å². The minimum absolute atomic E-state index is 0.211. The van der Waals surface area contributed by atoms with E-state index in [1.165, 1.54) is 0 Å². The average Bonchev–Trinajstić information content (AvgIpc) is 2.68. The van der Waals surface area contributed by atoms with Crippen LogP contribution in [0.1, 0.15) is 28.7 Å². The van der Waals surface area contributed by atoms with Crippen molar-refractivity contribution in [2.75, 3.05) is 0 Å². The second-order valence-electron chi connectivity index (χ2n) is 6.54. The smallest absolute Gasteiger partial charge is 0.165 e. The van der Waals surface area contributed by atoms with Crippen LogP contribution in [0.15, 0.2) is 71.2 Å². The van der Waals surface area contributed by atoms with Crippen LogP contribution < -0.4 is 4.74 Å². The summed E-state index contributed by atoms with van der Waals surface area (Å²) in [6.45, 7) is 0.334. The van der Waals surface area contributed by atoms with E-state index in [0.717, 1.165) is 45.2 Å². The van der Waals surface area contributed by atoms with Crippen LogP contribution in [-0.2, 0) is 13.0 Å². The number of halogens is 2. The molecule has 0 bridgehead atoms. The minimum atomic E-state index is -0.372. The van der Waals surface area contributed by atoms with Crippen molar-refractivity contribution in [1.82, 2.24) is 0 Å². The molecule has 0 saturated heterocycles. The number of phenols is 1. The third-order valence-electron chi connectivity index (χ3n) is 4.71. The van der Waals surface area contributed by atoms with E-state index in [0.29, 0.717) is 6.61 Å². The molecule has 1 aliphatic rings. The fourth-order valence-electron chi connectivity index (χ4n) is 3.34. The second kappa shape index (κ2) is 7.57. The number of benzene rings is 3. The summed E-state index contributed by atoms with van der Waals surface area (Å²) in [4.78, 5) is 0. The van der Waals surface area contributed by atoms with Crippen LogP contribution >= 0.6 is 15.9 Å². The highest BCUT2D eigenvalue weighted by molar-refractivity contribution is 9.11. The number of allylic oxidation sites excluding steroid dienone is 1. The Balaban J connectivity index is 1.67. The zero-order valence-electron chi connectivity index (χ0n) is 14.6. The number of rotatable bonds is 4. The first-order chi connectivity index (χ1) is 13.1. The maximum absolute atomic E-state index is 14.8. The molecule has 2 nitrogen and oxygen atoms in total. The lowest BCUT2D eigenvalue weighted by Crippen LogP contribution is -2.06. The van der Waals surface area contributed by atoms with Gasteiger partial charge in [0.2, 0.25) is 0 Å². The van der Waals surface area contributed by atoms with Crippen LogP contribution in [0.4, 0.5) is 4.39 Å². The first-order valence-corrected chi connectivity index (χ1v) is 9.58. The molecule has 1 aliphatic carbocycles. The molecule has 27 heavy (non-hydrogen) atoms. The van der Waals surface area contributed by atoms with E-state index in [9.17, 15) is 9.50 Å². The Morgan fingerprint density at radius 2 is 1.70 bits per heavy atom. The van der Waals surface area contributed by atoms with Crippen molar-refractivity contribution in [3.63, 3.8) is 0 Å². The quantitative estimate of drug-likeness (QED) is 0.539. The number of aromatic hydroxyl groups is 1. The Morgan fingerprint density at radius 1 is 0.963 bits per heavy atom. The van der Waals surface area contributed by atoms with Crippen molar-refractivity contribution in [3.8, 4) is 11.5 Å². The van der Waals surface area contributed by atoms with Crippen molar-refractivity contribution in [3.05, 3.63) is 99.3 Å². The van der Waals surface area contributed by atoms with Crippen LogP contribution in [0.5, 0.6) is 11.5 Å². The highest BCUT2D eigenvalue weighted by Gasteiger charge is 2.22. The average molecular weight is 425 g/mol. The monoisotopic (exact) mass is 424 g/mol. The molecule has 0 aliphatic heterocycles. The number of fused-ring (bicyclic) bond motifs is 1. The molecule has 0 fully saturated rings. The Morgan fingerprint density at radius 3 is 2.44 bits per heavy atom. The number of hydrogen-bond donors (Lipinski definition) is 1. The SMILES string of the molecule is Oc1ccc(C2=C(Br)CCc3cc(OCc4ccccc4)c(F)cc32)cc1. The van der Waals surface area contributed by atoms with Gasteiger partial charge in [-0.2, -0.15) is 0 Å². The van der Waals surface area contributed by atoms with Crippen molar-refractivity contribution in [1.29, 1.82) is 0 Å². The summed E-state index contributed by atoms with van der Waals surface area (Å²) in [7, 11) is 0. The lowest BCUT2D eigenvalue weighted by atomic mass is 9.86. The van der Waals surface area contributed by atoms with Gasteiger partial charge in [-0.1, -0.05) is 58.4 Å². The summed E-state index contributed by atoms with van der Waals surface area (Å²) >= 11 is 3.65. The van der Waals surface area contributed by atoms with Crippen LogP contribution in [-0.4, -0.2) is 5.11 Å². The molecule has 4 rings (SSSR count). The molecule has 0 atom stereocenters. The summed E-state index contributed by atoms with van der Waals surface area (Å²) in [5.41, 5.74) is 4.83. The van der Waals surface area contributed by atoms with Gasteiger partial charge in [-0.05, 0) is 64.9 Å². The number of phenolic OH excluding ortho intramolecular Hbond substituents is 1. The first-order valence-electron chi connectivity index (χ1n) is 8.79. The summed E-state index contributed by atoms with van der Waals surface area (Å²) in [5, 5.41) is 9.55. The Labute approximate surface area is 166 Å². The molecule has 0 unspecified atom stereocenters. The molecule has 3 aromatic carbocycles. The van der Waals surface area contributed by atoms with Gasteiger partial charge in [-0.3, -0.25) is 0 Å².